The Bertz CT molecular complexity index is 1160. The summed E-state index contributed by atoms with van der Waals surface area (Å²) in [7, 11) is 0. The molecule has 2 heterocycles. The van der Waals surface area contributed by atoms with E-state index in [1.165, 1.54) is 4.90 Å². The molecule has 0 spiro atoms. The number of fused-ring (bicyclic) bond motifs is 1. The van der Waals surface area contributed by atoms with Crippen LogP contribution in [0.5, 0.6) is 0 Å². The van der Waals surface area contributed by atoms with Gasteiger partial charge in [0.05, 0.1) is 5.69 Å². The number of carbonyl (C=O) groups is 2. The highest BCUT2D eigenvalue weighted by Gasteiger charge is 2.34. The lowest BCUT2D eigenvalue weighted by molar-refractivity contribution is -0.122. The zero-order chi connectivity index (χ0) is 19.8. The van der Waals surface area contributed by atoms with E-state index in [1.807, 2.05) is 55.6 Å². The molecule has 0 atom stereocenters. The summed E-state index contributed by atoms with van der Waals surface area (Å²) in [6, 6.07) is 15.4. The smallest absolute Gasteiger partial charge is 0.270 e. The summed E-state index contributed by atoms with van der Waals surface area (Å²) in [5.41, 5.74) is 3.59. The highest BCUT2D eigenvalue weighted by Crippen LogP contribution is 2.27. The van der Waals surface area contributed by atoms with E-state index in [-0.39, 0.29) is 10.7 Å². The van der Waals surface area contributed by atoms with Crippen molar-refractivity contribution in [1.82, 2.24) is 9.88 Å². The van der Waals surface area contributed by atoms with E-state index in [0.29, 0.717) is 5.69 Å². The van der Waals surface area contributed by atoms with E-state index >= 15 is 0 Å². The fourth-order valence-corrected chi connectivity index (χ4v) is 3.75. The van der Waals surface area contributed by atoms with E-state index in [1.54, 1.807) is 12.1 Å². The molecule has 1 saturated heterocycles. The third-order valence-corrected chi connectivity index (χ3v) is 5.11. The van der Waals surface area contributed by atoms with Gasteiger partial charge in [0.1, 0.15) is 5.57 Å². The topological polar surface area (TPSA) is 54.3 Å². The molecule has 140 valence electrons. The Morgan fingerprint density at radius 2 is 1.89 bits per heavy atom. The van der Waals surface area contributed by atoms with Gasteiger partial charge in [-0.3, -0.25) is 19.8 Å². The zero-order valence-corrected chi connectivity index (χ0v) is 16.4. The number of rotatable bonds is 3. The summed E-state index contributed by atoms with van der Waals surface area (Å²) in [4.78, 5) is 27.1. The molecule has 0 saturated carbocycles. The number of thiocarbonyl (C=S) groups is 1. The molecule has 0 bridgehead atoms. The standard InChI is InChI=1S/C22H19N3O2S/c1-3-24-13-15(17-9-4-5-10-19(17)24)12-18-20(26)23-22(28)25(21(18)27)16-8-6-7-14(2)11-16/h4-13H,3H2,1-2H3,(H,23,26,28). The van der Waals surface area contributed by atoms with Gasteiger partial charge in [0.15, 0.2) is 5.11 Å². The summed E-state index contributed by atoms with van der Waals surface area (Å²) < 4.78 is 2.09. The van der Waals surface area contributed by atoms with Crippen LogP contribution in [0.2, 0.25) is 0 Å². The predicted octanol–water partition coefficient (Wildman–Crippen LogP) is 3.80. The largest absolute Gasteiger partial charge is 0.347 e. The van der Waals surface area contributed by atoms with Crippen molar-refractivity contribution >= 4 is 51.8 Å². The number of nitrogens with zero attached hydrogens (tertiary/aromatic N) is 2. The Morgan fingerprint density at radius 1 is 1.11 bits per heavy atom. The second-order valence-corrected chi connectivity index (χ2v) is 7.07. The summed E-state index contributed by atoms with van der Waals surface area (Å²) in [5.74, 6) is -0.903. The van der Waals surface area contributed by atoms with Crippen LogP contribution in [0.15, 0.2) is 60.3 Å². The Hall–Kier alpha value is -3.25. The maximum absolute atomic E-state index is 13.2. The average Bonchev–Trinajstić information content (AvgIpc) is 3.03. The number of nitrogens with one attached hydrogen (secondary N) is 1. The van der Waals surface area contributed by atoms with Gasteiger partial charge in [0, 0.05) is 29.2 Å². The van der Waals surface area contributed by atoms with E-state index in [0.717, 1.165) is 28.6 Å². The quantitative estimate of drug-likeness (QED) is 0.421. The van der Waals surface area contributed by atoms with Gasteiger partial charge < -0.3 is 4.57 Å². The molecule has 0 aliphatic carbocycles. The summed E-state index contributed by atoms with van der Waals surface area (Å²) in [5, 5.41) is 3.72. The first-order chi connectivity index (χ1) is 13.5. The number of para-hydroxylation sites is 1. The highest BCUT2D eigenvalue weighted by molar-refractivity contribution is 7.80. The van der Waals surface area contributed by atoms with Gasteiger partial charge in [-0.05, 0) is 55.9 Å². The minimum Gasteiger partial charge on any atom is -0.347 e. The average molecular weight is 389 g/mol. The number of amides is 2. The van der Waals surface area contributed by atoms with Crippen LogP contribution >= 0.6 is 12.2 Å². The van der Waals surface area contributed by atoms with Gasteiger partial charge in [-0.1, -0.05) is 30.3 Å². The second kappa shape index (κ2) is 7.05. The minimum atomic E-state index is -0.479. The van der Waals surface area contributed by atoms with Crippen LogP contribution in [0.1, 0.15) is 18.1 Å². The predicted molar refractivity (Wildman–Crippen MR) is 115 cm³/mol. The van der Waals surface area contributed by atoms with Gasteiger partial charge in [0.2, 0.25) is 0 Å². The number of benzene rings is 2. The van der Waals surface area contributed by atoms with Gasteiger partial charge >= 0.3 is 0 Å². The van der Waals surface area contributed by atoms with Crippen LogP contribution in [0.25, 0.3) is 17.0 Å². The maximum Gasteiger partial charge on any atom is 0.270 e. The first kappa shape index (κ1) is 18.1. The summed E-state index contributed by atoms with van der Waals surface area (Å²) in [6.07, 6.45) is 3.61. The molecule has 1 N–H and O–H groups in total. The van der Waals surface area contributed by atoms with E-state index in [2.05, 4.69) is 16.8 Å². The summed E-state index contributed by atoms with van der Waals surface area (Å²) in [6.45, 7) is 4.79. The number of aromatic nitrogens is 1. The van der Waals surface area contributed by atoms with Crippen molar-refractivity contribution in [1.29, 1.82) is 0 Å². The first-order valence-corrected chi connectivity index (χ1v) is 9.46. The molecule has 6 heteroatoms. The molecule has 2 aromatic carbocycles. The molecule has 28 heavy (non-hydrogen) atoms. The van der Waals surface area contributed by atoms with E-state index in [4.69, 9.17) is 12.2 Å². The van der Waals surface area contributed by atoms with Crippen molar-refractivity contribution in [3.63, 3.8) is 0 Å². The van der Waals surface area contributed by atoms with Gasteiger partial charge in [-0.15, -0.1) is 0 Å². The molecular weight excluding hydrogens is 370 g/mol. The van der Waals surface area contributed by atoms with Gasteiger partial charge in [-0.2, -0.15) is 0 Å². The molecule has 3 aromatic rings. The lowest BCUT2D eigenvalue weighted by atomic mass is 10.1. The van der Waals surface area contributed by atoms with E-state index < -0.39 is 11.8 Å². The third-order valence-electron chi connectivity index (χ3n) is 4.82. The Balaban J connectivity index is 1.82. The van der Waals surface area contributed by atoms with Crippen molar-refractivity contribution in [2.45, 2.75) is 20.4 Å². The van der Waals surface area contributed by atoms with Crippen LogP contribution in [0, 0.1) is 6.92 Å². The lowest BCUT2D eigenvalue weighted by Crippen LogP contribution is -2.54. The van der Waals surface area contributed by atoms with Crippen molar-refractivity contribution in [2.75, 3.05) is 4.90 Å². The maximum atomic E-state index is 13.2. The number of aryl methyl sites for hydroxylation is 2. The lowest BCUT2D eigenvalue weighted by Gasteiger charge is -2.29. The van der Waals surface area contributed by atoms with Crippen molar-refractivity contribution in [3.05, 3.63) is 71.4 Å². The Kier molecular flexibility index (Phi) is 4.57. The fraction of sp³-hybridized carbons (Fsp3) is 0.136. The number of hydrogen-bond donors (Lipinski definition) is 1. The Morgan fingerprint density at radius 3 is 2.64 bits per heavy atom. The van der Waals surface area contributed by atoms with Crippen LogP contribution < -0.4 is 10.2 Å². The molecule has 2 amide bonds. The second-order valence-electron chi connectivity index (χ2n) is 6.68. The van der Waals surface area contributed by atoms with Crippen LogP contribution in [0.4, 0.5) is 5.69 Å². The molecule has 0 radical (unpaired) electrons. The zero-order valence-electron chi connectivity index (χ0n) is 15.6. The highest BCUT2D eigenvalue weighted by atomic mass is 32.1. The van der Waals surface area contributed by atoms with Crippen LogP contribution in [0.3, 0.4) is 0 Å². The SMILES string of the molecule is CCn1cc(C=C2C(=O)NC(=S)N(c3cccc(C)c3)C2=O)c2ccccc21. The first-order valence-electron chi connectivity index (χ1n) is 9.05. The monoisotopic (exact) mass is 389 g/mol. The molecule has 0 unspecified atom stereocenters. The third kappa shape index (κ3) is 3.01. The van der Waals surface area contributed by atoms with E-state index in [9.17, 15) is 9.59 Å². The molecule has 1 aromatic heterocycles. The van der Waals surface area contributed by atoms with Gasteiger partial charge in [0.25, 0.3) is 11.8 Å². The number of anilines is 1. The summed E-state index contributed by atoms with van der Waals surface area (Å²) >= 11 is 5.27. The molecule has 4 rings (SSSR count). The van der Waals surface area contributed by atoms with Crippen molar-refractivity contribution in [3.8, 4) is 0 Å². The van der Waals surface area contributed by atoms with Crippen LogP contribution in [-0.2, 0) is 16.1 Å². The fourth-order valence-electron chi connectivity index (χ4n) is 3.47. The van der Waals surface area contributed by atoms with Crippen molar-refractivity contribution in [2.24, 2.45) is 0 Å². The van der Waals surface area contributed by atoms with Crippen molar-refractivity contribution < 1.29 is 9.59 Å². The minimum absolute atomic E-state index is 0.0640. The molecular formula is C22H19N3O2S. The molecule has 1 aliphatic heterocycles. The molecule has 1 aliphatic rings. The molecule has 1 fully saturated rings. The number of hydrogen-bond acceptors (Lipinski definition) is 3. The van der Waals surface area contributed by atoms with Crippen LogP contribution in [-0.4, -0.2) is 21.5 Å². The Labute approximate surface area is 168 Å². The normalized spacial score (nSPS) is 16.1. The van der Waals surface area contributed by atoms with Gasteiger partial charge in [-0.25, -0.2) is 0 Å². The molecule has 5 nitrogen and oxygen atoms in total. The number of carbonyl (C=O) groups excluding carboxylic acids is 2.